The van der Waals surface area contributed by atoms with Crippen molar-refractivity contribution in [1.29, 1.82) is 0 Å². The van der Waals surface area contributed by atoms with E-state index in [1.165, 1.54) is 11.5 Å². The van der Waals surface area contributed by atoms with Crippen LogP contribution in [0.2, 0.25) is 0 Å². The molecular formula is C12H18N2O4S2. The Morgan fingerprint density at radius 2 is 2.10 bits per heavy atom. The van der Waals surface area contributed by atoms with Gasteiger partial charge in [0.15, 0.2) is 0 Å². The summed E-state index contributed by atoms with van der Waals surface area (Å²) in [7, 11) is -2.88. The zero-order valence-electron chi connectivity index (χ0n) is 11.5. The van der Waals surface area contributed by atoms with Crippen molar-refractivity contribution in [2.24, 2.45) is 0 Å². The molecule has 0 saturated carbocycles. The number of anilines is 1. The summed E-state index contributed by atoms with van der Waals surface area (Å²) in [6.07, 6.45) is 1.11. The lowest BCUT2D eigenvalue weighted by molar-refractivity contribution is 0.0527. The van der Waals surface area contributed by atoms with Crippen molar-refractivity contribution < 1.29 is 17.9 Å². The van der Waals surface area contributed by atoms with Crippen LogP contribution >= 0.6 is 11.5 Å². The van der Waals surface area contributed by atoms with Gasteiger partial charge < -0.3 is 10.1 Å². The lowest BCUT2D eigenvalue weighted by atomic mass is 10.1. The topological polar surface area (TPSA) is 85.4 Å². The lowest BCUT2D eigenvalue weighted by Gasteiger charge is -2.23. The summed E-state index contributed by atoms with van der Waals surface area (Å²) < 4.78 is 32.0. The molecule has 1 fully saturated rings. The van der Waals surface area contributed by atoms with Crippen molar-refractivity contribution in [2.45, 2.75) is 32.7 Å². The number of aromatic nitrogens is 1. The third-order valence-corrected chi connectivity index (χ3v) is 5.82. The number of rotatable bonds is 4. The maximum Gasteiger partial charge on any atom is 0.343 e. The normalized spacial score (nSPS) is 18.7. The second-order valence-electron chi connectivity index (χ2n) is 4.76. The standard InChI is InChI=1S/C12H18N2O4S2/c1-3-18-12(15)10-8(2)14-19-11(10)13-9-4-6-20(16,17)7-5-9/h9,13H,3-7H2,1-2H3. The van der Waals surface area contributed by atoms with E-state index in [2.05, 4.69) is 9.69 Å². The van der Waals surface area contributed by atoms with Crippen LogP contribution in [0.25, 0.3) is 0 Å². The molecule has 1 aromatic heterocycles. The van der Waals surface area contributed by atoms with E-state index in [1.54, 1.807) is 13.8 Å². The smallest absolute Gasteiger partial charge is 0.343 e. The predicted octanol–water partition coefficient (Wildman–Crippen LogP) is 1.62. The van der Waals surface area contributed by atoms with E-state index in [0.717, 1.165) is 0 Å². The molecule has 0 radical (unpaired) electrons. The highest BCUT2D eigenvalue weighted by Crippen LogP contribution is 2.28. The van der Waals surface area contributed by atoms with E-state index in [9.17, 15) is 13.2 Å². The van der Waals surface area contributed by atoms with E-state index < -0.39 is 9.84 Å². The minimum atomic E-state index is -2.88. The van der Waals surface area contributed by atoms with Crippen molar-refractivity contribution in [3.8, 4) is 0 Å². The maximum absolute atomic E-state index is 11.9. The van der Waals surface area contributed by atoms with E-state index in [4.69, 9.17) is 4.74 Å². The van der Waals surface area contributed by atoms with Gasteiger partial charge in [0.25, 0.3) is 0 Å². The number of hydrogen-bond donors (Lipinski definition) is 1. The maximum atomic E-state index is 11.9. The number of nitrogens with one attached hydrogen (secondary N) is 1. The number of carbonyl (C=O) groups excluding carboxylic acids is 1. The summed E-state index contributed by atoms with van der Waals surface area (Å²) in [5.74, 6) is -0.00124. The summed E-state index contributed by atoms with van der Waals surface area (Å²) in [4.78, 5) is 11.9. The number of nitrogens with zero attached hydrogens (tertiary/aromatic N) is 1. The number of hydrogen-bond acceptors (Lipinski definition) is 7. The quantitative estimate of drug-likeness (QED) is 0.849. The van der Waals surface area contributed by atoms with Crippen LogP contribution in [0.3, 0.4) is 0 Å². The van der Waals surface area contributed by atoms with Gasteiger partial charge in [-0.05, 0) is 38.2 Å². The Kier molecular flexibility index (Phi) is 4.64. The van der Waals surface area contributed by atoms with Gasteiger partial charge >= 0.3 is 5.97 Å². The van der Waals surface area contributed by atoms with Crippen molar-refractivity contribution in [1.82, 2.24) is 4.37 Å². The third kappa shape index (κ3) is 3.49. The van der Waals surface area contributed by atoms with Crippen LogP contribution in [0.1, 0.15) is 35.8 Å². The molecule has 0 atom stereocenters. The monoisotopic (exact) mass is 318 g/mol. The van der Waals surface area contributed by atoms with Crippen molar-refractivity contribution in [3.05, 3.63) is 11.3 Å². The molecule has 2 heterocycles. The van der Waals surface area contributed by atoms with Crippen LogP contribution in [0.15, 0.2) is 0 Å². The fourth-order valence-corrected chi connectivity index (χ4v) is 4.48. The Morgan fingerprint density at radius 1 is 1.45 bits per heavy atom. The van der Waals surface area contributed by atoms with Gasteiger partial charge in [-0.2, -0.15) is 4.37 Å². The van der Waals surface area contributed by atoms with Gasteiger partial charge in [-0.25, -0.2) is 13.2 Å². The number of aryl methyl sites for hydroxylation is 1. The first-order chi connectivity index (χ1) is 9.43. The van der Waals surface area contributed by atoms with Crippen molar-refractivity contribution >= 4 is 32.3 Å². The third-order valence-electron chi connectivity index (χ3n) is 3.23. The molecule has 1 N–H and O–H groups in total. The zero-order valence-corrected chi connectivity index (χ0v) is 13.1. The molecule has 0 unspecified atom stereocenters. The number of esters is 1. The molecule has 0 aromatic carbocycles. The Labute approximate surface area is 122 Å². The highest BCUT2D eigenvalue weighted by atomic mass is 32.2. The fourth-order valence-electron chi connectivity index (χ4n) is 2.13. The SMILES string of the molecule is CCOC(=O)c1c(C)nsc1NC1CCS(=O)(=O)CC1. The highest BCUT2D eigenvalue weighted by molar-refractivity contribution is 7.91. The molecule has 0 aliphatic carbocycles. The summed E-state index contributed by atoms with van der Waals surface area (Å²) >= 11 is 1.21. The average molecular weight is 318 g/mol. The van der Waals surface area contributed by atoms with E-state index in [0.29, 0.717) is 35.7 Å². The summed E-state index contributed by atoms with van der Waals surface area (Å²) in [5.41, 5.74) is 1.10. The first kappa shape index (κ1) is 15.2. The Morgan fingerprint density at radius 3 is 2.70 bits per heavy atom. The first-order valence-corrected chi connectivity index (χ1v) is 9.12. The molecule has 8 heteroatoms. The van der Waals surface area contributed by atoms with Crippen LogP contribution in [0.5, 0.6) is 0 Å². The fraction of sp³-hybridized carbons (Fsp3) is 0.667. The molecule has 0 spiro atoms. The second-order valence-corrected chi connectivity index (χ2v) is 7.84. The minimum absolute atomic E-state index is 0.0616. The molecule has 0 bridgehead atoms. The first-order valence-electron chi connectivity index (χ1n) is 6.53. The van der Waals surface area contributed by atoms with Crippen LogP contribution < -0.4 is 5.32 Å². The minimum Gasteiger partial charge on any atom is -0.462 e. The van der Waals surface area contributed by atoms with Gasteiger partial charge in [0, 0.05) is 6.04 Å². The van der Waals surface area contributed by atoms with E-state index in [1.807, 2.05) is 0 Å². The predicted molar refractivity (Wildman–Crippen MR) is 78.1 cm³/mol. The molecular weight excluding hydrogens is 300 g/mol. The summed E-state index contributed by atoms with van der Waals surface area (Å²) in [6.45, 7) is 3.83. The van der Waals surface area contributed by atoms with Gasteiger partial charge in [0.05, 0.1) is 23.8 Å². The largest absolute Gasteiger partial charge is 0.462 e. The van der Waals surface area contributed by atoms with E-state index >= 15 is 0 Å². The second kappa shape index (κ2) is 6.09. The van der Waals surface area contributed by atoms with Crippen LogP contribution in [0, 0.1) is 6.92 Å². The van der Waals surface area contributed by atoms with Gasteiger partial charge in [-0.15, -0.1) is 0 Å². The van der Waals surface area contributed by atoms with Crippen molar-refractivity contribution in [2.75, 3.05) is 23.4 Å². The molecule has 112 valence electrons. The Balaban J connectivity index is 2.09. The zero-order chi connectivity index (χ0) is 14.8. The van der Waals surface area contributed by atoms with Gasteiger partial charge in [0.1, 0.15) is 20.4 Å². The van der Waals surface area contributed by atoms with Crippen LogP contribution in [-0.2, 0) is 14.6 Å². The van der Waals surface area contributed by atoms with Crippen LogP contribution in [0.4, 0.5) is 5.00 Å². The average Bonchev–Trinajstić information content (AvgIpc) is 2.73. The van der Waals surface area contributed by atoms with Gasteiger partial charge in [-0.1, -0.05) is 0 Å². The number of ether oxygens (including phenoxy) is 1. The highest BCUT2D eigenvalue weighted by Gasteiger charge is 2.26. The van der Waals surface area contributed by atoms with E-state index in [-0.39, 0.29) is 23.5 Å². The summed E-state index contributed by atoms with van der Waals surface area (Å²) in [5, 5.41) is 3.91. The molecule has 20 heavy (non-hydrogen) atoms. The summed E-state index contributed by atoms with van der Waals surface area (Å²) in [6, 6.07) is 0.0616. The van der Waals surface area contributed by atoms with Crippen LogP contribution in [-0.4, -0.2) is 42.9 Å². The molecule has 1 saturated heterocycles. The molecule has 1 aromatic rings. The number of carbonyl (C=O) groups is 1. The lowest BCUT2D eigenvalue weighted by Crippen LogP contribution is -2.32. The number of sulfone groups is 1. The van der Waals surface area contributed by atoms with Gasteiger partial charge in [-0.3, -0.25) is 0 Å². The Hall–Kier alpha value is -1.15. The molecule has 1 aliphatic rings. The molecule has 2 rings (SSSR count). The molecule has 1 aliphatic heterocycles. The van der Waals surface area contributed by atoms with Crippen molar-refractivity contribution in [3.63, 3.8) is 0 Å². The molecule has 6 nitrogen and oxygen atoms in total. The Bertz CT molecular complexity index is 581. The van der Waals surface area contributed by atoms with Gasteiger partial charge in [0.2, 0.25) is 0 Å². The molecule has 0 amide bonds.